The molecule has 3 unspecified atom stereocenters. The van der Waals surface area contributed by atoms with Gasteiger partial charge in [-0.25, -0.2) is 0 Å². The van der Waals surface area contributed by atoms with Crippen LogP contribution < -0.4 is 5.32 Å². The van der Waals surface area contributed by atoms with Crippen LogP contribution in [0.2, 0.25) is 0 Å². The molecule has 0 spiro atoms. The van der Waals surface area contributed by atoms with Gasteiger partial charge in [-0.2, -0.15) is 0 Å². The first-order chi connectivity index (χ1) is 11.3. The lowest BCUT2D eigenvalue weighted by molar-refractivity contribution is -0.137. The number of benzene rings is 1. The Morgan fingerprint density at radius 3 is 2.25 bits per heavy atom. The van der Waals surface area contributed by atoms with Gasteiger partial charge < -0.3 is 10.2 Å². The van der Waals surface area contributed by atoms with Crippen molar-refractivity contribution in [3.8, 4) is 0 Å². The van der Waals surface area contributed by atoms with Crippen LogP contribution in [0.15, 0.2) is 24.3 Å². The number of nitrogens with zero attached hydrogens (tertiary/aromatic N) is 1. The van der Waals surface area contributed by atoms with Gasteiger partial charge in [0.15, 0.2) is 0 Å². The number of likely N-dealkylation sites (tertiary alicyclic amines) is 1. The molecule has 1 aromatic rings. The molecular weight excluding hydrogens is 300 g/mol. The second-order valence-electron chi connectivity index (χ2n) is 7.70. The van der Waals surface area contributed by atoms with Gasteiger partial charge in [0.05, 0.1) is 0 Å². The van der Waals surface area contributed by atoms with Crippen LogP contribution >= 0.6 is 0 Å². The van der Waals surface area contributed by atoms with Crippen LogP contribution in [0.25, 0.3) is 0 Å². The number of amides is 2. The molecule has 1 aromatic carbocycles. The predicted octanol–water partition coefficient (Wildman–Crippen LogP) is 3.25. The smallest absolute Gasteiger partial charge is 0.252 e. The number of aryl methyl sites for hydroxylation is 1. The van der Waals surface area contributed by atoms with Gasteiger partial charge in [-0.15, -0.1) is 0 Å². The highest BCUT2D eigenvalue weighted by Crippen LogP contribution is 2.22. The van der Waals surface area contributed by atoms with Gasteiger partial charge in [0.1, 0.15) is 6.04 Å². The van der Waals surface area contributed by atoms with Gasteiger partial charge in [0, 0.05) is 18.7 Å². The SMILES string of the molecule is Cc1ccccc1C(=O)NC(C(=O)N1CC(C)CC(C)C1)C(C)C. The Morgan fingerprint density at radius 1 is 1.12 bits per heavy atom. The molecule has 1 aliphatic rings. The van der Waals surface area contributed by atoms with E-state index < -0.39 is 6.04 Å². The highest BCUT2D eigenvalue weighted by molar-refractivity contribution is 5.98. The van der Waals surface area contributed by atoms with E-state index in [4.69, 9.17) is 0 Å². The van der Waals surface area contributed by atoms with Gasteiger partial charge in [0.2, 0.25) is 5.91 Å². The number of rotatable bonds is 4. The molecule has 2 amide bonds. The molecule has 1 heterocycles. The molecule has 1 aliphatic heterocycles. The molecule has 0 aromatic heterocycles. The fourth-order valence-electron chi connectivity index (χ4n) is 3.60. The monoisotopic (exact) mass is 330 g/mol. The second-order valence-corrected chi connectivity index (χ2v) is 7.70. The van der Waals surface area contributed by atoms with Crippen molar-refractivity contribution < 1.29 is 9.59 Å². The average molecular weight is 330 g/mol. The van der Waals surface area contributed by atoms with Crippen LogP contribution in [0.1, 0.15) is 50.0 Å². The molecule has 2 rings (SSSR count). The first-order valence-electron chi connectivity index (χ1n) is 8.94. The Morgan fingerprint density at radius 2 is 1.71 bits per heavy atom. The first kappa shape index (κ1) is 18.5. The zero-order valence-corrected chi connectivity index (χ0v) is 15.5. The maximum Gasteiger partial charge on any atom is 0.252 e. The van der Waals surface area contributed by atoms with Crippen molar-refractivity contribution >= 4 is 11.8 Å². The minimum absolute atomic E-state index is 0.0466. The number of hydrogen-bond donors (Lipinski definition) is 1. The minimum Gasteiger partial charge on any atom is -0.340 e. The molecule has 1 fully saturated rings. The van der Waals surface area contributed by atoms with Crippen LogP contribution in [0.5, 0.6) is 0 Å². The van der Waals surface area contributed by atoms with Crippen molar-refractivity contribution in [3.63, 3.8) is 0 Å². The molecule has 0 aliphatic carbocycles. The van der Waals surface area contributed by atoms with E-state index in [-0.39, 0.29) is 17.7 Å². The van der Waals surface area contributed by atoms with Crippen LogP contribution in [0, 0.1) is 24.7 Å². The summed E-state index contributed by atoms with van der Waals surface area (Å²) in [6.45, 7) is 11.8. The van der Waals surface area contributed by atoms with Gasteiger partial charge in [0.25, 0.3) is 5.91 Å². The number of hydrogen-bond acceptors (Lipinski definition) is 2. The summed E-state index contributed by atoms with van der Waals surface area (Å²) in [5, 5.41) is 2.97. The molecule has 4 nitrogen and oxygen atoms in total. The molecule has 0 radical (unpaired) electrons. The van der Waals surface area contributed by atoms with Crippen molar-refractivity contribution in [1.82, 2.24) is 10.2 Å². The molecule has 3 atom stereocenters. The zero-order chi connectivity index (χ0) is 17.9. The molecule has 132 valence electrons. The van der Waals surface area contributed by atoms with E-state index in [0.717, 1.165) is 25.1 Å². The van der Waals surface area contributed by atoms with Gasteiger partial charge in [-0.1, -0.05) is 45.9 Å². The molecule has 4 heteroatoms. The summed E-state index contributed by atoms with van der Waals surface area (Å²) < 4.78 is 0. The zero-order valence-electron chi connectivity index (χ0n) is 15.5. The molecular formula is C20H30N2O2. The molecule has 1 N–H and O–H groups in total. The summed E-state index contributed by atoms with van der Waals surface area (Å²) in [4.78, 5) is 27.5. The van der Waals surface area contributed by atoms with E-state index in [1.165, 1.54) is 0 Å². The summed E-state index contributed by atoms with van der Waals surface area (Å²) in [5.74, 6) is 0.955. The average Bonchev–Trinajstić information content (AvgIpc) is 2.51. The Hall–Kier alpha value is -1.84. The van der Waals surface area contributed by atoms with E-state index in [1.54, 1.807) is 6.07 Å². The lowest BCUT2D eigenvalue weighted by Gasteiger charge is -2.38. The first-order valence-corrected chi connectivity index (χ1v) is 8.94. The summed E-state index contributed by atoms with van der Waals surface area (Å²) in [5.41, 5.74) is 1.56. The van der Waals surface area contributed by atoms with Crippen molar-refractivity contribution in [3.05, 3.63) is 35.4 Å². The quantitative estimate of drug-likeness (QED) is 0.921. The van der Waals surface area contributed by atoms with Gasteiger partial charge in [-0.3, -0.25) is 9.59 Å². The summed E-state index contributed by atoms with van der Waals surface area (Å²) in [6, 6.07) is 7.00. The van der Waals surface area contributed by atoms with E-state index in [2.05, 4.69) is 19.2 Å². The van der Waals surface area contributed by atoms with Crippen molar-refractivity contribution in [2.75, 3.05) is 13.1 Å². The van der Waals surface area contributed by atoms with Crippen molar-refractivity contribution in [2.45, 2.75) is 47.1 Å². The normalized spacial score (nSPS) is 22.3. The van der Waals surface area contributed by atoms with E-state index >= 15 is 0 Å². The fraction of sp³-hybridized carbons (Fsp3) is 0.600. The maximum absolute atomic E-state index is 13.0. The Balaban J connectivity index is 2.13. The maximum atomic E-state index is 13.0. The Labute approximate surface area is 145 Å². The summed E-state index contributed by atoms with van der Waals surface area (Å²) in [7, 11) is 0. The molecule has 0 bridgehead atoms. The summed E-state index contributed by atoms with van der Waals surface area (Å²) in [6.07, 6.45) is 1.16. The molecule has 24 heavy (non-hydrogen) atoms. The van der Waals surface area contributed by atoms with Crippen molar-refractivity contribution in [1.29, 1.82) is 0 Å². The largest absolute Gasteiger partial charge is 0.340 e. The van der Waals surface area contributed by atoms with Crippen LogP contribution in [0.3, 0.4) is 0 Å². The van der Waals surface area contributed by atoms with Crippen LogP contribution in [0.4, 0.5) is 0 Å². The second kappa shape index (κ2) is 7.82. The van der Waals surface area contributed by atoms with Crippen LogP contribution in [-0.4, -0.2) is 35.8 Å². The highest BCUT2D eigenvalue weighted by atomic mass is 16.2. The summed E-state index contributed by atoms with van der Waals surface area (Å²) >= 11 is 0. The number of piperidine rings is 1. The molecule has 1 saturated heterocycles. The number of nitrogens with one attached hydrogen (secondary N) is 1. The fourth-order valence-corrected chi connectivity index (χ4v) is 3.60. The van der Waals surface area contributed by atoms with E-state index in [0.29, 0.717) is 17.4 Å². The minimum atomic E-state index is -0.477. The Kier molecular flexibility index (Phi) is 6.03. The standard InChI is InChI=1S/C20H30N2O2/c1-13(2)18(20(24)22-11-14(3)10-15(4)12-22)21-19(23)17-9-7-6-8-16(17)5/h6-9,13-15,18H,10-12H2,1-5H3,(H,21,23). The topological polar surface area (TPSA) is 49.4 Å². The lowest BCUT2D eigenvalue weighted by atomic mass is 9.90. The molecule has 0 saturated carbocycles. The van der Waals surface area contributed by atoms with Gasteiger partial charge in [-0.05, 0) is 42.7 Å². The van der Waals surface area contributed by atoms with E-state index in [1.807, 2.05) is 43.9 Å². The lowest BCUT2D eigenvalue weighted by Crippen LogP contribution is -2.54. The third-order valence-electron chi connectivity index (χ3n) is 4.79. The van der Waals surface area contributed by atoms with Gasteiger partial charge >= 0.3 is 0 Å². The van der Waals surface area contributed by atoms with E-state index in [9.17, 15) is 9.59 Å². The third-order valence-corrected chi connectivity index (χ3v) is 4.79. The third kappa shape index (κ3) is 4.37. The number of carbonyl (C=O) groups excluding carboxylic acids is 2. The Bertz CT molecular complexity index is 587. The van der Waals surface area contributed by atoms with Crippen molar-refractivity contribution in [2.24, 2.45) is 17.8 Å². The number of carbonyl (C=O) groups is 2. The van der Waals surface area contributed by atoms with Crippen LogP contribution in [-0.2, 0) is 4.79 Å². The highest BCUT2D eigenvalue weighted by Gasteiger charge is 2.32. The predicted molar refractivity (Wildman–Crippen MR) is 96.8 cm³/mol.